The first-order valence-corrected chi connectivity index (χ1v) is 7.78. The van der Waals surface area contributed by atoms with E-state index >= 15 is 0 Å². The Morgan fingerprint density at radius 1 is 1.28 bits per heavy atom. The number of aromatic nitrogens is 2. The summed E-state index contributed by atoms with van der Waals surface area (Å²) in [6, 6.07) is 0.638. The normalized spacial score (nSPS) is 21.7. The van der Waals surface area contributed by atoms with Crippen LogP contribution in [0.25, 0.3) is 0 Å². The van der Waals surface area contributed by atoms with Gasteiger partial charge in [0.15, 0.2) is 0 Å². The second-order valence-electron chi connectivity index (χ2n) is 6.65. The van der Waals surface area contributed by atoms with E-state index < -0.39 is 0 Å². The monoisotopic (exact) mass is 267 g/mol. The topological polar surface area (TPSA) is 29.0 Å². The molecule has 0 N–H and O–H groups in total. The van der Waals surface area contributed by atoms with E-state index in [9.17, 15) is 0 Å². The third-order valence-electron chi connectivity index (χ3n) is 3.65. The lowest BCUT2D eigenvalue weighted by Gasteiger charge is -2.37. The van der Waals surface area contributed by atoms with Crippen molar-refractivity contribution in [1.29, 1.82) is 0 Å². The predicted octanol–water partition coefficient (Wildman–Crippen LogP) is 3.85. The van der Waals surface area contributed by atoms with Crippen molar-refractivity contribution in [3.8, 4) is 0 Å². The number of anilines is 1. The van der Waals surface area contributed by atoms with Crippen LogP contribution in [0.3, 0.4) is 0 Å². The highest BCUT2D eigenvalue weighted by Crippen LogP contribution is 2.32. The van der Waals surface area contributed by atoms with Crippen molar-refractivity contribution in [3.05, 3.63) is 5.82 Å². The molecule has 0 saturated carbocycles. The maximum atomic E-state index is 4.77. The molecular weight excluding hydrogens is 242 g/mol. The van der Waals surface area contributed by atoms with Crippen LogP contribution in [0.2, 0.25) is 0 Å². The number of piperidine rings is 1. The Labute approximate surface area is 115 Å². The minimum Gasteiger partial charge on any atom is -0.344 e. The molecule has 2 rings (SSSR count). The van der Waals surface area contributed by atoms with Crippen LogP contribution in [0.15, 0.2) is 0 Å². The molecule has 1 aliphatic rings. The lowest BCUT2D eigenvalue weighted by molar-refractivity contribution is 0.374. The standard InChI is InChI=1S/C14H25N3S/c1-10(2)11-8-6-7-9-17(11)13-15-12(16-18-13)14(3,4)5/h10-11H,6-9H2,1-5H3. The molecule has 1 atom stereocenters. The Kier molecular flexibility index (Phi) is 3.95. The molecule has 0 aliphatic carbocycles. The Hall–Kier alpha value is -0.640. The number of hydrogen-bond acceptors (Lipinski definition) is 4. The third-order valence-corrected chi connectivity index (χ3v) is 4.40. The van der Waals surface area contributed by atoms with Gasteiger partial charge in [-0.05, 0) is 25.2 Å². The fourth-order valence-electron chi connectivity index (χ4n) is 2.52. The average molecular weight is 267 g/mol. The van der Waals surface area contributed by atoms with Crippen molar-refractivity contribution in [2.45, 2.75) is 65.3 Å². The average Bonchev–Trinajstić information content (AvgIpc) is 2.77. The molecule has 0 bridgehead atoms. The van der Waals surface area contributed by atoms with Gasteiger partial charge in [0.05, 0.1) is 0 Å². The van der Waals surface area contributed by atoms with E-state index in [1.807, 2.05) is 0 Å². The lowest BCUT2D eigenvalue weighted by Crippen LogP contribution is -2.42. The first-order chi connectivity index (χ1) is 8.39. The highest BCUT2D eigenvalue weighted by molar-refractivity contribution is 7.09. The Morgan fingerprint density at radius 3 is 2.56 bits per heavy atom. The van der Waals surface area contributed by atoms with E-state index in [4.69, 9.17) is 4.98 Å². The molecule has 4 heteroatoms. The van der Waals surface area contributed by atoms with E-state index in [-0.39, 0.29) is 5.41 Å². The number of rotatable bonds is 2. The van der Waals surface area contributed by atoms with Gasteiger partial charge in [-0.25, -0.2) is 4.98 Å². The van der Waals surface area contributed by atoms with Crippen molar-refractivity contribution < 1.29 is 0 Å². The zero-order chi connectivity index (χ0) is 13.3. The van der Waals surface area contributed by atoms with E-state index in [2.05, 4.69) is 43.9 Å². The summed E-state index contributed by atoms with van der Waals surface area (Å²) in [6.45, 7) is 12.3. The van der Waals surface area contributed by atoms with Crippen molar-refractivity contribution in [3.63, 3.8) is 0 Å². The van der Waals surface area contributed by atoms with Gasteiger partial charge in [0.1, 0.15) is 5.82 Å². The van der Waals surface area contributed by atoms with Crippen molar-refractivity contribution in [2.75, 3.05) is 11.4 Å². The highest BCUT2D eigenvalue weighted by atomic mass is 32.1. The van der Waals surface area contributed by atoms with Crippen LogP contribution in [0.5, 0.6) is 0 Å². The van der Waals surface area contributed by atoms with Gasteiger partial charge in [-0.15, -0.1) is 0 Å². The zero-order valence-corrected chi connectivity index (χ0v) is 13.0. The second kappa shape index (κ2) is 5.16. The van der Waals surface area contributed by atoms with Crippen molar-refractivity contribution in [2.24, 2.45) is 5.92 Å². The van der Waals surface area contributed by atoms with Crippen LogP contribution < -0.4 is 4.90 Å². The molecule has 18 heavy (non-hydrogen) atoms. The Bertz CT molecular complexity index is 392. The van der Waals surface area contributed by atoms with E-state index in [0.29, 0.717) is 12.0 Å². The SMILES string of the molecule is CC(C)C1CCCCN1c1nc(C(C)(C)C)ns1. The van der Waals surface area contributed by atoms with Crippen LogP contribution in [-0.4, -0.2) is 21.9 Å². The summed E-state index contributed by atoms with van der Waals surface area (Å²) in [5, 5.41) is 1.12. The van der Waals surface area contributed by atoms with Gasteiger partial charge in [-0.2, -0.15) is 4.37 Å². The summed E-state index contributed by atoms with van der Waals surface area (Å²) in [7, 11) is 0. The van der Waals surface area contributed by atoms with Gasteiger partial charge < -0.3 is 4.90 Å². The van der Waals surface area contributed by atoms with Crippen LogP contribution in [0.1, 0.15) is 59.7 Å². The minimum absolute atomic E-state index is 0.0534. The van der Waals surface area contributed by atoms with Gasteiger partial charge in [0.2, 0.25) is 5.13 Å². The second-order valence-corrected chi connectivity index (χ2v) is 7.38. The smallest absolute Gasteiger partial charge is 0.205 e. The molecule has 2 heterocycles. The highest BCUT2D eigenvalue weighted by Gasteiger charge is 2.29. The van der Waals surface area contributed by atoms with E-state index in [0.717, 1.165) is 17.5 Å². The molecule has 0 spiro atoms. The fourth-order valence-corrected chi connectivity index (χ4v) is 3.47. The van der Waals surface area contributed by atoms with Gasteiger partial charge in [-0.1, -0.05) is 34.6 Å². The summed E-state index contributed by atoms with van der Waals surface area (Å²) in [6.07, 6.45) is 3.93. The Balaban J connectivity index is 2.21. The van der Waals surface area contributed by atoms with Crippen LogP contribution in [0, 0.1) is 5.92 Å². The molecule has 1 aliphatic heterocycles. The Morgan fingerprint density at radius 2 is 2.00 bits per heavy atom. The maximum absolute atomic E-state index is 4.77. The molecule has 0 aromatic carbocycles. The number of hydrogen-bond donors (Lipinski definition) is 0. The quantitative estimate of drug-likeness (QED) is 0.815. The van der Waals surface area contributed by atoms with E-state index in [1.54, 1.807) is 11.5 Å². The van der Waals surface area contributed by atoms with Gasteiger partial charge in [0.25, 0.3) is 0 Å². The van der Waals surface area contributed by atoms with Crippen molar-refractivity contribution >= 4 is 16.7 Å². The lowest BCUT2D eigenvalue weighted by atomic mass is 9.93. The van der Waals surface area contributed by atoms with Gasteiger partial charge in [0, 0.05) is 29.5 Å². The zero-order valence-electron chi connectivity index (χ0n) is 12.2. The van der Waals surface area contributed by atoms with Crippen LogP contribution in [0.4, 0.5) is 5.13 Å². The van der Waals surface area contributed by atoms with Gasteiger partial charge in [-0.3, -0.25) is 0 Å². The molecule has 1 aromatic rings. The largest absolute Gasteiger partial charge is 0.344 e. The summed E-state index contributed by atoms with van der Waals surface area (Å²) < 4.78 is 4.55. The molecule has 1 aromatic heterocycles. The van der Waals surface area contributed by atoms with E-state index in [1.165, 1.54) is 19.3 Å². The molecule has 0 radical (unpaired) electrons. The third kappa shape index (κ3) is 2.85. The molecule has 1 saturated heterocycles. The summed E-state index contributed by atoms with van der Waals surface area (Å²) >= 11 is 1.57. The minimum atomic E-state index is 0.0534. The first kappa shape index (κ1) is 13.8. The summed E-state index contributed by atoms with van der Waals surface area (Å²) in [5.41, 5.74) is 0.0534. The molecule has 3 nitrogen and oxygen atoms in total. The first-order valence-electron chi connectivity index (χ1n) is 7.00. The maximum Gasteiger partial charge on any atom is 0.205 e. The van der Waals surface area contributed by atoms with Crippen molar-refractivity contribution in [1.82, 2.24) is 9.36 Å². The van der Waals surface area contributed by atoms with Gasteiger partial charge >= 0.3 is 0 Å². The van der Waals surface area contributed by atoms with Crippen LogP contribution in [-0.2, 0) is 5.41 Å². The van der Waals surface area contributed by atoms with Crippen LogP contribution >= 0.6 is 11.5 Å². The molecule has 0 amide bonds. The molecule has 1 fully saturated rings. The molecule has 1 unspecified atom stereocenters. The molecule has 102 valence electrons. The molecular formula is C14H25N3S. The summed E-state index contributed by atoms with van der Waals surface area (Å²) in [4.78, 5) is 7.26. The predicted molar refractivity (Wildman–Crippen MR) is 78.4 cm³/mol. The number of nitrogens with zero attached hydrogens (tertiary/aromatic N) is 3. The fraction of sp³-hybridized carbons (Fsp3) is 0.857. The summed E-state index contributed by atoms with van der Waals surface area (Å²) in [5.74, 6) is 1.67.